The van der Waals surface area contributed by atoms with Gasteiger partial charge in [-0.3, -0.25) is 9.36 Å². The van der Waals surface area contributed by atoms with E-state index in [-0.39, 0.29) is 25.9 Å². The predicted octanol–water partition coefficient (Wildman–Crippen LogP) is 2.85. The molecule has 0 bridgehead atoms. The lowest BCUT2D eigenvalue weighted by Gasteiger charge is -2.31. The van der Waals surface area contributed by atoms with Crippen LogP contribution < -0.4 is 5.32 Å². The third kappa shape index (κ3) is 6.88. The lowest BCUT2D eigenvalue weighted by Crippen LogP contribution is -2.45. The first-order valence-electron chi connectivity index (χ1n) is 8.35. The van der Waals surface area contributed by atoms with E-state index in [1.165, 1.54) is 6.92 Å². The molecule has 0 spiro atoms. The topological polar surface area (TPSA) is 94.1 Å². The molecule has 7 nitrogen and oxygen atoms in total. The van der Waals surface area contributed by atoms with Gasteiger partial charge >= 0.3 is 13.6 Å². The number of nitrogens with one attached hydrogen (secondary N) is 1. The van der Waals surface area contributed by atoms with Gasteiger partial charge in [-0.1, -0.05) is 30.3 Å². The Kier molecular flexibility index (Phi) is 9.32. The molecule has 8 heteroatoms. The van der Waals surface area contributed by atoms with E-state index in [0.717, 1.165) is 5.56 Å². The maximum Gasteiger partial charge on any atom is 0.360 e. The fourth-order valence-electron chi connectivity index (χ4n) is 2.36. The van der Waals surface area contributed by atoms with Gasteiger partial charge in [-0.15, -0.1) is 0 Å². The zero-order valence-electron chi connectivity index (χ0n) is 15.2. The van der Waals surface area contributed by atoms with Crippen LogP contribution >= 0.6 is 7.60 Å². The van der Waals surface area contributed by atoms with Crippen molar-refractivity contribution in [3.8, 4) is 0 Å². The van der Waals surface area contributed by atoms with E-state index in [2.05, 4.69) is 5.32 Å². The van der Waals surface area contributed by atoms with Gasteiger partial charge in [0, 0.05) is 13.0 Å². The van der Waals surface area contributed by atoms with Crippen molar-refractivity contribution in [1.82, 2.24) is 5.32 Å². The number of aliphatic hydroxyl groups is 1. The molecule has 1 aromatic carbocycles. The number of carbonyl (C=O) groups excluding carboxylic acids is 1. The maximum absolute atomic E-state index is 12.8. The number of ether oxygens (including phenoxy) is 1. The zero-order chi connectivity index (χ0) is 18.9. The molecule has 2 N–H and O–H groups in total. The molecule has 0 saturated carbocycles. The van der Waals surface area contributed by atoms with Crippen LogP contribution in [0.3, 0.4) is 0 Å². The average molecular weight is 373 g/mol. The predicted molar refractivity (Wildman–Crippen MR) is 95.3 cm³/mol. The molecule has 0 aliphatic heterocycles. The molecule has 0 fully saturated rings. The highest BCUT2D eigenvalue weighted by atomic mass is 31.2. The van der Waals surface area contributed by atoms with Crippen LogP contribution in [0.25, 0.3) is 0 Å². The van der Waals surface area contributed by atoms with Crippen LogP contribution in [0.2, 0.25) is 0 Å². The molecule has 142 valence electrons. The second kappa shape index (κ2) is 10.7. The van der Waals surface area contributed by atoms with Crippen LogP contribution in [-0.2, 0) is 23.1 Å². The standard InChI is InChI=1S/C17H28NO6P/c1-5-23-25(21,24-6-2)17(20)16(12-22-14(4)19)18-13(3)15-10-8-7-9-11-15/h7-11,13,16-18,20H,5-6,12H2,1-4H3/t13-,16+,17+/m1/s1. The van der Waals surface area contributed by atoms with E-state index in [1.54, 1.807) is 13.8 Å². The minimum absolute atomic E-state index is 0.128. The van der Waals surface area contributed by atoms with Crippen molar-refractivity contribution in [2.24, 2.45) is 0 Å². The molecule has 0 amide bonds. The lowest BCUT2D eigenvalue weighted by molar-refractivity contribution is -0.142. The van der Waals surface area contributed by atoms with E-state index in [1.807, 2.05) is 37.3 Å². The van der Waals surface area contributed by atoms with Crippen LogP contribution in [0, 0.1) is 0 Å². The molecule has 25 heavy (non-hydrogen) atoms. The number of carbonyl (C=O) groups is 1. The Balaban J connectivity index is 2.97. The first-order chi connectivity index (χ1) is 11.8. The Hall–Kier alpha value is -1.24. The lowest BCUT2D eigenvalue weighted by atomic mass is 10.1. The molecular weight excluding hydrogens is 345 g/mol. The molecule has 0 aromatic heterocycles. The van der Waals surface area contributed by atoms with Gasteiger partial charge in [-0.2, -0.15) is 0 Å². The van der Waals surface area contributed by atoms with Crippen molar-refractivity contribution < 1.29 is 28.3 Å². The molecular formula is C17H28NO6P. The highest BCUT2D eigenvalue weighted by Crippen LogP contribution is 2.53. The highest BCUT2D eigenvalue weighted by molar-refractivity contribution is 7.54. The van der Waals surface area contributed by atoms with E-state index < -0.39 is 25.5 Å². The van der Waals surface area contributed by atoms with Gasteiger partial charge in [0.15, 0.2) is 5.85 Å². The Labute approximate surface area is 149 Å². The first kappa shape index (κ1) is 21.8. The van der Waals surface area contributed by atoms with E-state index >= 15 is 0 Å². The fraction of sp³-hybridized carbons (Fsp3) is 0.588. The van der Waals surface area contributed by atoms with Crippen molar-refractivity contribution in [2.45, 2.75) is 45.6 Å². The summed E-state index contributed by atoms with van der Waals surface area (Å²) in [6.07, 6.45) is 0. The summed E-state index contributed by atoms with van der Waals surface area (Å²) in [5, 5.41) is 13.8. The summed E-state index contributed by atoms with van der Waals surface area (Å²) < 4.78 is 28.3. The molecule has 0 unspecified atom stereocenters. The summed E-state index contributed by atoms with van der Waals surface area (Å²) in [6.45, 7) is 6.60. The van der Waals surface area contributed by atoms with E-state index in [4.69, 9.17) is 13.8 Å². The quantitative estimate of drug-likeness (QED) is 0.455. The summed E-state index contributed by atoms with van der Waals surface area (Å²) in [5.74, 6) is -1.97. The van der Waals surface area contributed by atoms with Crippen molar-refractivity contribution >= 4 is 13.6 Å². The summed E-state index contributed by atoms with van der Waals surface area (Å²) in [5.41, 5.74) is 0.977. The SMILES string of the molecule is CCOP(=O)(OCC)[C@H](O)[C@H](COC(C)=O)N[C@H](C)c1ccccc1. The largest absolute Gasteiger partial charge is 0.464 e. The number of hydrogen-bond donors (Lipinski definition) is 2. The number of hydrogen-bond acceptors (Lipinski definition) is 7. The first-order valence-corrected chi connectivity index (χ1v) is 9.96. The molecule has 0 aliphatic rings. The van der Waals surface area contributed by atoms with Gasteiger partial charge in [-0.05, 0) is 26.3 Å². The van der Waals surface area contributed by atoms with Gasteiger partial charge in [0.25, 0.3) is 0 Å². The number of aliphatic hydroxyl groups excluding tert-OH is 1. The molecule has 0 heterocycles. The summed E-state index contributed by atoms with van der Waals surface area (Å²) in [4.78, 5) is 11.2. The highest BCUT2D eigenvalue weighted by Gasteiger charge is 2.41. The zero-order valence-corrected chi connectivity index (χ0v) is 16.1. The van der Waals surface area contributed by atoms with Crippen molar-refractivity contribution in [3.05, 3.63) is 35.9 Å². The maximum atomic E-state index is 12.8. The third-order valence-electron chi connectivity index (χ3n) is 3.53. The average Bonchev–Trinajstić information content (AvgIpc) is 2.58. The normalized spacial score (nSPS) is 15.4. The van der Waals surface area contributed by atoms with Gasteiger partial charge in [-0.25, -0.2) is 0 Å². The summed E-state index contributed by atoms with van der Waals surface area (Å²) >= 11 is 0. The number of benzene rings is 1. The van der Waals surface area contributed by atoms with E-state index in [9.17, 15) is 14.5 Å². The second-order valence-corrected chi connectivity index (χ2v) is 7.62. The number of rotatable bonds is 11. The smallest absolute Gasteiger partial charge is 0.360 e. The Bertz CT molecular complexity index is 558. The fourth-order valence-corrected chi connectivity index (χ4v) is 4.07. The van der Waals surface area contributed by atoms with Crippen molar-refractivity contribution in [3.63, 3.8) is 0 Å². The Morgan fingerprint density at radius 1 is 1.20 bits per heavy atom. The van der Waals surface area contributed by atoms with Gasteiger partial charge in [0.2, 0.25) is 0 Å². The molecule has 0 radical (unpaired) electrons. The molecule has 0 saturated heterocycles. The van der Waals surface area contributed by atoms with Gasteiger partial charge in [0.1, 0.15) is 6.61 Å². The number of esters is 1. The molecule has 1 rings (SSSR count). The van der Waals surface area contributed by atoms with Crippen LogP contribution in [0.4, 0.5) is 0 Å². The third-order valence-corrected chi connectivity index (χ3v) is 5.78. The van der Waals surface area contributed by atoms with Gasteiger partial charge < -0.3 is 24.2 Å². The van der Waals surface area contributed by atoms with Crippen molar-refractivity contribution in [2.75, 3.05) is 19.8 Å². The summed E-state index contributed by atoms with van der Waals surface area (Å²) in [7, 11) is -3.77. The van der Waals surface area contributed by atoms with Crippen LogP contribution in [0.1, 0.15) is 39.3 Å². The Morgan fingerprint density at radius 3 is 2.24 bits per heavy atom. The summed E-state index contributed by atoms with van der Waals surface area (Å²) in [6, 6.07) is 8.57. The van der Waals surface area contributed by atoms with E-state index in [0.29, 0.717) is 0 Å². The monoisotopic (exact) mass is 373 g/mol. The van der Waals surface area contributed by atoms with Gasteiger partial charge in [0.05, 0.1) is 19.3 Å². The Morgan fingerprint density at radius 2 is 1.76 bits per heavy atom. The minimum atomic E-state index is -3.77. The minimum Gasteiger partial charge on any atom is -0.464 e. The van der Waals surface area contributed by atoms with Crippen LogP contribution in [0.5, 0.6) is 0 Å². The second-order valence-electron chi connectivity index (χ2n) is 5.50. The van der Waals surface area contributed by atoms with Crippen LogP contribution in [-0.4, -0.2) is 42.8 Å². The van der Waals surface area contributed by atoms with Crippen molar-refractivity contribution in [1.29, 1.82) is 0 Å². The van der Waals surface area contributed by atoms with Crippen LogP contribution in [0.15, 0.2) is 30.3 Å². The molecule has 0 aliphatic carbocycles. The molecule has 1 aromatic rings. The molecule has 3 atom stereocenters.